The van der Waals surface area contributed by atoms with Gasteiger partial charge in [-0.2, -0.15) is 4.98 Å². The van der Waals surface area contributed by atoms with E-state index >= 15 is 0 Å². The molecule has 0 spiro atoms. The van der Waals surface area contributed by atoms with Gasteiger partial charge in [-0.15, -0.1) is 10.2 Å². The summed E-state index contributed by atoms with van der Waals surface area (Å²) in [5, 5.41) is 17.0. The number of H-pyrrole nitrogens is 1. The SMILES string of the molecule is Nc1n[nH]c(CNC(=O)c2cn(C3CCC(N)CC3)nn2)n1. The second-order valence-corrected chi connectivity index (χ2v) is 5.48. The highest BCUT2D eigenvalue weighted by Gasteiger charge is 2.22. The first kappa shape index (κ1) is 14.4. The van der Waals surface area contributed by atoms with Gasteiger partial charge in [0.25, 0.3) is 5.91 Å². The van der Waals surface area contributed by atoms with Crippen LogP contribution in [0.2, 0.25) is 0 Å². The number of hydrogen-bond acceptors (Lipinski definition) is 7. The maximum absolute atomic E-state index is 12.0. The van der Waals surface area contributed by atoms with E-state index in [0.717, 1.165) is 25.7 Å². The van der Waals surface area contributed by atoms with Crippen molar-refractivity contribution in [3.63, 3.8) is 0 Å². The molecule has 1 amide bonds. The fourth-order valence-corrected chi connectivity index (χ4v) is 2.57. The maximum atomic E-state index is 12.0. The lowest BCUT2D eigenvalue weighted by atomic mass is 9.92. The van der Waals surface area contributed by atoms with Gasteiger partial charge in [0.05, 0.1) is 18.8 Å². The van der Waals surface area contributed by atoms with Gasteiger partial charge >= 0.3 is 0 Å². The molecule has 2 heterocycles. The Morgan fingerprint density at radius 1 is 1.41 bits per heavy atom. The summed E-state index contributed by atoms with van der Waals surface area (Å²) in [7, 11) is 0. The number of aromatic nitrogens is 6. The van der Waals surface area contributed by atoms with Gasteiger partial charge in [-0.3, -0.25) is 9.89 Å². The third-order valence-corrected chi connectivity index (χ3v) is 3.82. The highest BCUT2D eigenvalue weighted by molar-refractivity contribution is 5.91. The molecule has 1 fully saturated rings. The molecule has 0 unspecified atom stereocenters. The van der Waals surface area contributed by atoms with Crippen molar-refractivity contribution in [1.29, 1.82) is 0 Å². The minimum absolute atomic E-state index is 0.144. The van der Waals surface area contributed by atoms with E-state index in [-0.39, 0.29) is 36.2 Å². The molecule has 0 aromatic carbocycles. The number of hydrogen-bond donors (Lipinski definition) is 4. The number of carbonyl (C=O) groups excluding carboxylic acids is 1. The molecule has 1 saturated carbocycles. The number of nitrogens with two attached hydrogens (primary N) is 2. The molecule has 10 heteroatoms. The van der Waals surface area contributed by atoms with Crippen molar-refractivity contribution in [2.24, 2.45) is 5.73 Å². The molecule has 6 N–H and O–H groups in total. The summed E-state index contributed by atoms with van der Waals surface area (Å²) in [5.41, 5.74) is 11.6. The normalized spacial score (nSPS) is 21.7. The van der Waals surface area contributed by atoms with Crippen LogP contribution < -0.4 is 16.8 Å². The average molecular weight is 305 g/mol. The minimum atomic E-state index is -0.311. The molecule has 0 radical (unpaired) electrons. The molecule has 0 aliphatic heterocycles. The second kappa shape index (κ2) is 6.10. The number of nitrogens with one attached hydrogen (secondary N) is 2. The van der Waals surface area contributed by atoms with Gasteiger partial charge in [0, 0.05) is 6.04 Å². The smallest absolute Gasteiger partial charge is 0.273 e. The Hall–Kier alpha value is -2.49. The number of rotatable bonds is 4. The summed E-state index contributed by atoms with van der Waals surface area (Å²) < 4.78 is 1.76. The van der Waals surface area contributed by atoms with Gasteiger partial charge < -0.3 is 16.8 Å². The van der Waals surface area contributed by atoms with Crippen molar-refractivity contribution in [1.82, 2.24) is 35.5 Å². The molecule has 118 valence electrons. The van der Waals surface area contributed by atoms with E-state index in [1.807, 2.05) is 0 Å². The van der Waals surface area contributed by atoms with Crippen LogP contribution in [0.3, 0.4) is 0 Å². The predicted molar refractivity (Wildman–Crippen MR) is 77.5 cm³/mol. The van der Waals surface area contributed by atoms with Crippen molar-refractivity contribution in [2.45, 2.75) is 44.3 Å². The van der Waals surface area contributed by atoms with Crippen LogP contribution >= 0.6 is 0 Å². The van der Waals surface area contributed by atoms with Crippen molar-refractivity contribution in [3.8, 4) is 0 Å². The molecular weight excluding hydrogens is 286 g/mol. The molecule has 3 rings (SSSR count). The third kappa shape index (κ3) is 3.22. The minimum Gasteiger partial charge on any atom is -0.367 e. The zero-order valence-corrected chi connectivity index (χ0v) is 12.1. The maximum Gasteiger partial charge on any atom is 0.273 e. The highest BCUT2D eigenvalue weighted by Crippen LogP contribution is 2.26. The Morgan fingerprint density at radius 2 is 2.18 bits per heavy atom. The topological polar surface area (TPSA) is 153 Å². The van der Waals surface area contributed by atoms with Crippen LogP contribution in [0.15, 0.2) is 6.20 Å². The Morgan fingerprint density at radius 3 is 2.86 bits per heavy atom. The van der Waals surface area contributed by atoms with E-state index in [1.165, 1.54) is 0 Å². The summed E-state index contributed by atoms with van der Waals surface area (Å²) in [6.45, 7) is 0.203. The number of amides is 1. The van der Waals surface area contributed by atoms with E-state index < -0.39 is 0 Å². The molecule has 0 saturated heterocycles. The lowest BCUT2D eigenvalue weighted by molar-refractivity contribution is 0.0945. The fraction of sp³-hybridized carbons (Fsp3) is 0.583. The van der Waals surface area contributed by atoms with Crippen LogP contribution in [0.1, 0.15) is 48.0 Å². The van der Waals surface area contributed by atoms with Crippen molar-refractivity contribution < 1.29 is 4.79 Å². The molecule has 0 bridgehead atoms. The fourth-order valence-electron chi connectivity index (χ4n) is 2.57. The number of anilines is 1. The predicted octanol–water partition coefficient (Wildman–Crippen LogP) is -0.649. The van der Waals surface area contributed by atoms with Crippen molar-refractivity contribution >= 4 is 11.9 Å². The first-order valence-corrected chi connectivity index (χ1v) is 7.24. The lowest BCUT2D eigenvalue weighted by Gasteiger charge is -2.25. The van der Waals surface area contributed by atoms with Crippen molar-refractivity contribution in [3.05, 3.63) is 17.7 Å². The monoisotopic (exact) mass is 305 g/mol. The van der Waals surface area contributed by atoms with Gasteiger partial charge in [-0.1, -0.05) is 5.21 Å². The molecule has 1 aliphatic carbocycles. The molecule has 22 heavy (non-hydrogen) atoms. The van der Waals surface area contributed by atoms with Gasteiger partial charge in [0.15, 0.2) is 5.69 Å². The van der Waals surface area contributed by atoms with Gasteiger partial charge in [0.1, 0.15) is 5.82 Å². The van der Waals surface area contributed by atoms with Crippen molar-refractivity contribution in [2.75, 3.05) is 5.73 Å². The van der Waals surface area contributed by atoms with Gasteiger partial charge in [-0.25, -0.2) is 4.68 Å². The van der Waals surface area contributed by atoms with E-state index in [2.05, 4.69) is 30.8 Å². The average Bonchev–Trinajstić information content (AvgIpc) is 3.15. The standard InChI is InChI=1S/C12H19N9O/c13-7-1-3-8(4-2-7)21-6-9(17-20-21)11(22)15-5-10-16-12(14)19-18-10/h6-8H,1-5,13H2,(H,15,22)(H3,14,16,18,19). The van der Waals surface area contributed by atoms with Gasteiger partial charge in [0.2, 0.25) is 5.95 Å². The van der Waals surface area contributed by atoms with Crippen LogP contribution in [-0.4, -0.2) is 42.1 Å². The molecular formula is C12H19N9O. The molecule has 10 nitrogen and oxygen atoms in total. The van der Waals surface area contributed by atoms with E-state index in [0.29, 0.717) is 5.82 Å². The van der Waals surface area contributed by atoms with Gasteiger partial charge in [-0.05, 0) is 25.7 Å². The van der Waals surface area contributed by atoms with E-state index in [9.17, 15) is 4.79 Å². The quantitative estimate of drug-likeness (QED) is 0.585. The number of nitrogen functional groups attached to an aromatic ring is 1. The molecule has 0 atom stereocenters. The highest BCUT2D eigenvalue weighted by atomic mass is 16.2. The summed E-state index contributed by atoms with van der Waals surface area (Å²) in [5.74, 6) is 0.318. The molecule has 2 aromatic rings. The zero-order chi connectivity index (χ0) is 15.5. The first-order chi connectivity index (χ1) is 10.6. The number of nitrogens with zero attached hydrogens (tertiary/aromatic N) is 5. The number of aromatic amines is 1. The van der Waals surface area contributed by atoms with E-state index in [4.69, 9.17) is 11.5 Å². The lowest BCUT2D eigenvalue weighted by Crippen LogP contribution is -2.28. The van der Waals surface area contributed by atoms with E-state index in [1.54, 1.807) is 10.9 Å². The molecule has 1 aliphatic rings. The largest absolute Gasteiger partial charge is 0.367 e. The summed E-state index contributed by atoms with van der Waals surface area (Å²) in [6.07, 6.45) is 5.54. The Kier molecular flexibility index (Phi) is 4.00. The zero-order valence-electron chi connectivity index (χ0n) is 12.1. The van der Waals surface area contributed by atoms with Crippen LogP contribution in [0.5, 0.6) is 0 Å². The summed E-state index contributed by atoms with van der Waals surface area (Å²) in [4.78, 5) is 15.9. The molecule has 2 aromatic heterocycles. The van der Waals surface area contributed by atoms with Crippen LogP contribution in [0.25, 0.3) is 0 Å². The van der Waals surface area contributed by atoms with Crippen LogP contribution in [0, 0.1) is 0 Å². The van der Waals surface area contributed by atoms with Crippen LogP contribution in [-0.2, 0) is 6.54 Å². The third-order valence-electron chi connectivity index (χ3n) is 3.82. The number of carbonyl (C=O) groups is 1. The Bertz CT molecular complexity index is 641. The summed E-state index contributed by atoms with van der Waals surface area (Å²) in [6, 6.07) is 0.541. The Labute approximate surface area is 126 Å². The van der Waals surface area contributed by atoms with Crippen LogP contribution in [0.4, 0.5) is 5.95 Å². The summed E-state index contributed by atoms with van der Waals surface area (Å²) >= 11 is 0. The first-order valence-electron chi connectivity index (χ1n) is 7.24. The second-order valence-electron chi connectivity index (χ2n) is 5.48. The Balaban J connectivity index is 1.57.